The van der Waals surface area contributed by atoms with Crippen LogP contribution in [0.5, 0.6) is 0 Å². The molecule has 0 aliphatic carbocycles. The van der Waals surface area contributed by atoms with Gasteiger partial charge < -0.3 is 20.7 Å². The number of fused-ring (bicyclic) bond motifs is 1. The van der Waals surface area contributed by atoms with Crippen LogP contribution in [0.15, 0.2) is 28.6 Å². The monoisotopic (exact) mass is 431 g/mol. The van der Waals surface area contributed by atoms with Crippen LogP contribution in [0, 0.1) is 11.2 Å². The summed E-state index contributed by atoms with van der Waals surface area (Å²) in [6, 6.07) is 2.40. The van der Waals surface area contributed by atoms with Crippen LogP contribution in [-0.2, 0) is 4.74 Å². The van der Waals surface area contributed by atoms with Gasteiger partial charge in [-0.2, -0.15) is 5.10 Å². The van der Waals surface area contributed by atoms with E-state index in [0.29, 0.717) is 43.1 Å². The lowest BCUT2D eigenvalue weighted by Gasteiger charge is -2.41. The Hall–Kier alpha value is -3.10. The fourth-order valence-electron chi connectivity index (χ4n) is 3.97. The summed E-state index contributed by atoms with van der Waals surface area (Å²) in [5.74, 6) is -0.701. The highest BCUT2D eigenvalue weighted by atomic mass is 19.1. The number of hydrazone groups is 1. The van der Waals surface area contributed by atoms with Gasteiger partial charge in [-0.25, -0.2) is 14.2 Å². The lowest BCUT2D eigenvalue weighted by molar-refractivity contribution is 0.0147. The average molecular weight is 432 g/mol. The van der Waals surface area contributed by atoms with Crippen LogP contribution in [-0.4, -0.2) is 42.3 Å². The van der Waals surface area contributed by atoms with Crippen molar-refractivity contribution in [3.63, 3.8) is 0 Å². The minimum absolute atomic E-state index is 0.0302. The number of benzene rings is 1. The van der Waals surface area contributed by atoms with Crippen LogP contribution in [0.2, 0.25) is 0 Å². The molecular weight excluding hydrogens is 401 g/mol. The zero-order valence-corrected chi connectivity index (χ0v) is 18.7. The maximum atomic E-state index is 14.0. The Morgan fingerprint density at radius 1 is 1.29 bits per heavy atom. The highest BCUT2D eigenvalue weighted by molar-refractivity contribution is 6.04. The largest absolute Gasteiger partial charge is 0.444 e. The number of rotatable bonds is 3. The Morgan fingerprint density at radius 3 is 2.42 bits per heavy atom. The topological polar surface area (TPSA) is 100 Å². The van der Waals surface area contributed by atoms with Crippen LogP contribution in [0.25, 0.3) is 0 Å². The lowest BCUT2D eigenvalue weighted by Crippen LogP contribution is -2.45. The number of piperidine rings is 1. The summed E-state index contributed by atoms with van der Waals surface area (Å²) in [5, 5.41) is 8.74. The standard InChI is InChI=1S/C22H30FN5O3/c1-13(22(5)7-9-27(10-8-22)20(30)31-21(2,3)4)19-26-16-12-14(23)11-15(18(24)29)17(16)28(19)25-6/h11-12,26H,6-10H2,1-5H3,(H2,24,29)/b19-13+. The fourth-order valence-corrected chi connectivity index (χ4v) is 3.97. The van der Waals surface area contributed by atoms with Gasteiger partial charge in [0.1, 0.15) is 22.9 Å². The molecule has 1 saturated heterocycles. The molecule has 0 radical (unpaired) electrons. The number of nitrogens with zero attached hydrogens (tertiary/aromatic N) is 3. The van der Waals surface area contributed by atoms with Gasteiger partial charge in [0.05, 0.1) is 11.3 Å². The number of nitrogens with two attached hydrogens (primary N) is 1. The molecule has 3 N–H and O–H groups in total. The van der Waals surface area contributed by atoms with Gasteiger partial charge in [-0.3, -0.25) is 4.79 Å². The van der Waals surface area contributed by atoms with Crippen molar-refractivity contribution in [3.05, 3.63) is 34.9 Å². The molecule has 1 aromatic carbocycles. The third-order valence-corrected chi connectivity index (χ3v) is 5.94. The summed E-state index contributed by atoms with van der Waals surface area (Å²) in [6.07, 6.45) is 1.10. The third-order valence-electron chi connectivity index (χ3n) is 5.94. The van der Waals surface area contributed by atoms with E-state index >= 15 is 0 Å². The molecule has 2 aliphatic rings. The van der Waals surface area contributed by atoms with Crippen LogP contribution in [0.4, 0.5) is 20.6 Å². The molecule has 2 heterocycles. The quantitative estimate of drug-likeness (QED) is 0.704. The molecule has 3 rings (SSSR count). The molecule has 2 aliphatic heterocycles. The Balaban J connectivity index is 1.88. The van der Waals surface area contributed by atoms with E-state index in [1.807, 2.05) is 27.7 Å². The van der Waals surface area contributed by atoms with Gasteiger partial charge >= 0.3 is 6.09 Å². The number of hydrogen-bond acceptors (Lipinski definition) is 6. The first-order valence-corrected chi connectivity index (χ1v) is 10.2. The third kappa shape index (κ3) is 4.35. The number of likely N-dealkylation sites (tertiary alicyclic amines) is 1. The zero-order valence-electron chi connectivity index (χ0n) is 18.7. The number of nitrogens with one attached hydrogen (secondary N) is 1. The Morgan fingerprint density at radius 2 is 1.90 bits per heavy atom. The maximum absolute atomic E-state index is 14.0. The van der Waals surface area contributed by atoms with Crippen molar-refractivity contribution >= 4 is 30.1 Å². The van der Waals surface area contributed by atoms with Gasteiger partial charge in [-0.05, 0) is 63.7 Å². The van der Waals surface area contributed by atoms with Crippen LogP contribution in [0.3, 0.4) is 0 Å². The number of ether oxygens (including phenoxy) is 1. The van der Waals surface area contributed by atoms with Crippen molar-refractivity contribution in [1.29, 1.82) is 0 Å². The molecule has 1 aromatic rings. The summed E-state index contributed by atoms with van der Waals surface area (Å²) in [7, 11) is 0. The van der Waals surface area contributed by atoms with Crippen molar-refractivity contribution < 1.29 is 18.7 Å². The van der Waals surface area contributed by atoms with Gasteiger partial charge in [0.2, 0.25) is 0 Å². The second-order valence-electron chi connectivity index (χ2n) is 9.29. The molecule has 0 atom stereocenters. The van der Waals surface area contributed by atoms with Crippen molar-refractivity contribution in [1.82, 2.24) is 4.90 Å². The van der Waals surface area contributed by atoms with E-state index in [2.05, 4.69) is 24.1 Å². The van der Waals surface area contributed by atoms with Crippen LogP contribution in [0.1, 0.15) is 57.8 Å². The first-order chi connectivity index (χ1) is 14.4. The van der Waals surface area contributed by atoms with E-state index in [1.165, 1.54) is 11.1 Å². The molecular formula is C22H30FN5O3. The molecule has 0 spiro atoms. The summed E-state index contributed by atoms with van der Waals surface area (Å²) in [6.45, 7) is 14.3. The van der Waals surface area contributed by atoms with Gasteiger partial charge in [0.15, 0.2) is 0 Å². The zero-order chi connectivity index (χ0) is 23.1. The van der Waals surface area contributed by atoms with E-state index in [1.54, 1.807) is 4.90 Å². The average Bonchev–Trinajstić information content (AvgIpc) is 3.03. The molecule has 31 heavy (non-hydrogen) atoms. The SMILES string of the molecule is C=NN1/C(=C(\C)C2(C)CCN(C(=O)OC(C)(C)C)CC2)Nc2cc(F)cc(C(N)=O)c21. The van der Waals surface area contributed by atoms with Crippen molar-refractivity contribution in [2.24, 2.45) is 16.3 Å². The van der Waals surface area contributed by atoms with Gasteiger partial charge in [-0.1, -0.05) is 6.92 Å². The number of anilines is 2. The van der Waals surface area contributed by atoms with E-state index in [-0.39, 0.29) is 17.1 Å². The van der Waals surface area contributed by atoms with Gasteiger partial charge in [0, 0.05) is 19.8 Å². The van der Waals surface area contributed by atoms with E-state index in [0.717, 1.165) is 11.6 Å². The Bertz CT molecular complexity index is 959. The predicted octanol–water partition coefficient (Wildman–Crippen LogP) is 4.04. The van der Waals surface area contributed by atoms with Crippen molar-refractivity contribution in [2.75, 3.05) is 23.4 Å². The number of primary amides is 1. The number of amides is 2. The first kappa shape index (κ1) is 22.6. The van der Waals surface area contributed by atoms with Crippen molar-refractivity contribution in [3.8, 4) is 0 Å². The normalized spacial score (nSPS) is 19.4. The van der Waals surface area contributed by atoms with E-state index < -0.39 is 17.3 Å². The summed E-state index contributed by atoms with van der Waals surface area (Å²) < 4.78 is 19.5. The van der Waals surface area contributed by atoms with Crippen LogP contribution < -0.4 is 16.1 Å². The molecule has 0 unspecified atom stereocenters. The lowest BCUT2D eigenvalue weighted by atomic mass is 9.74. The Kier molecular flexibility index (Phi) is 5.73. The van der Waals surface area contributed by atoms with Gasteiger partial charge in [0.25, 0.3) is 5.91 Å². The molecule has 168 valence electrons. The number of allylic oxidation sites excluding steroid dienone is 1. The fraction of sp³-hybridized carbons (Fsp3) is 0.500. The summed E-state index contributed by atoms with van der Waals surface area (Å²) in [5.41, 5.74) is 6.46. The first-order valence-electron chi connectivity index (χ1n) is 10.2. The predicted molar refractivity (Wildman–Crippen MR) is 118 cm³/mol. The Labute approximate surface area is 181 Å². The summed E-state index contributed by atoms with van der Waals surface area (Å²) >= 11 is 0. The highest BCUT2D eigenvalue weighted by Crippen LogP contribution is 2.46. The molecule has 0 bridgehead atoms. The second kappa shape index (κ2) is 7.86. The number of halogens is 1. The van der Waals surface area contributed by atoms with Crippen molar-refractivity contribution in [2.45, 2.75) is 53.1 Å². The smallest absolute Gasteiger partial charge is 0.410 e. The minimum atomic E-state index is -0.748. The van der Waals surface area contributed by atoms with Crippen LogP contribution >= 0.6 is 0 Å². The van der Waals surface area contributed by atoms with E-state index in [4.69, 9.17) is 10.5 Å². The number of carbonyl (C=O) groups is 2. The van der Waals surface area contributed by atoms with E-state index in [9.17, 15) is 14.0 Å². The molecule has 2 amide bonds. The molecule has 0 saturated carbocycles. The molecule has 8 nitrogen and oxygen atoms in total. The summed E-state index contributed by atoms with van der Waals surface area (Å²) in [4.78, 5) is 26.0. The highest BCUT2D eigenvalue weighted by Gasteiger charge is 2.39. The maximum Gasteiger partial charge on any atom is 0.410 e. The molecule has 9 heteroatoms. The molecule has 0 aromatic heterocycles. The number of hydrogen-bond donors (Lipinski definition) is 2. The second-order valence-corrected chi connectivity index (χ2v) is 9.29. The van der Waals surface area contributed by atoms with Gasteiger partial charge in [-0.15, -0.1) is 0 Å². The molecule has 1 fully saturated rings. The number of carbonyl (C=O) groups excluding carboxylic acids is 2. The minimum Gasteiger partial charge on any atom is -0.444 e.